The Kier molecular flexibility index (Phi) is 7.72. The minimum absolute atomic E-state index is 0.142. The molecule has 0 saturated carbocycles. The molecule has 0 bridgehead atoms. The molecule has 1 aromatic carbocycles. The Bertz CT molecular complexity index is 653. The van der Waals surface area contributed by atoms with Gasteiger partial charge in [0, 0.05) is 19.6 Å². The second-order valence-electron chi connectivity index (χ2n) is 6.11. The number of carbonyl (C=O) groups excluding carboxylic acids is 3. The summed E-state index contributed by atoms with van der Waals surface area (Å²) in [5, 5.41) is 5.85. The number of carbonyl (C=O) groups is 3. The summed E-state index contributed by atoms with van der Waals surface area (Å²) < 4.78 is 4.79. The Morgan fingerprint density at radius 1 is 1.27 bits per heavy atom. The van der Waals surface area contributed by atoms with Gasteiger partial charge < -0.3 is 20.3 Å². The van der Waals surface area contributed by atoms with Gasteiger partial charge in [-0.05, 0) is 37.8 Å². The second-order valence-corrected chi connectivity index (χ2v) is 6.52. The fourth-order valence-corrected chi connectivity index (χ4v) is 3.09. The molecule has 1 aromatic rings. The van der Waals surface area contributed by atoms with Gasteiger partial charge in [-0.3, -0.25) is 9.59 Å². The maximum Gasteiger partial charge on any atom is 0.325 e. The normalized spacial score (nSPS) is 16.7. The van der Waals surface area contributed by atoms with Gasteiger partial charge in [-0.1, -0.05) is 23.7 Å². The predicted molar refractivity (Wildman–Crippen MR) is 98.1 cm³/mol. The number of piperidine rings is 1. The lowest BCUT2D eigenvalue weighted by Crippen LogP contribution is -2.48. The van der Waals surface area contributed by atoms with E-state index in [1.807, 2.05) is 0 Å². The van der Waals surface area contributed by atoms with Crippen LogP contribution < -0.4 is 10.6 Å². The minimum Gasteiger partial charge on any atom is -0.465 e. The maximum absolute atomic E-state index is 12.2. The number of nitrogens with one attached hydrogen (secondary N) is 2. The van der Waals surface area contributed by atoms with Gasteiger partial charge in [-0.15, -0.1) is 0 Å². The number of likely N-dealkylation sites (tertiary alicyclic amines) is 1. The average molecular weight is 382 g/mol. The molecule has 8 heteroatoms. The fourth-order valence-electron chi connectivity index (χ4n) is 2.87. The molecule has 0 aliphatic carbocycles. The van der Waals surface area contributed by atoms with Crippen LogP contribution in [0.15, 0.2) is 24.3 Å². The third-order valence-corrected chi connectivity index (χ3v) is 4.49. The van der Waals surface area contributed by atoms with Crippen LogP contribution in [-0.2, 0) is 9.53 Å². The molecule has 1 fully saturated rings. The summed E-state index contributed by atoms with van der Waals surface area (Å²) in [6.07, 6.45) is 1.77. The van der Waals surface area contributed by atoms with E-state index in [1.165, 1.54) is 0 Å². The van der Waals surface area contributed by atoms with Gasteiger partial charge >= 0.3 is 12.0 Å². The molecular weight excluding hydrogens is 358 g/mol. The van der Waals surface area contributed by atoms with Gasteiger partial charge in [0.25, 0.3) is 5.91 Å². The average Bonchev–Trinajstić information content (AvgIpc) is 2.65. The monoisotopic (exact) mass is 381 g/mol. The number of halogens is 1. The van der Waals surface area contributed by atoms with Crippen LogP contribution in [0.3, 0.4) is 0 Å². The van der Waals surface area contributed by atoms with E-state index in [-0.39, 0.29) is 31.0 Å². The van der Waals surface area contributed by atoms with Gasteiger partial charge in [-0.25, -0.2) is 4.79 Å². The molecule has 1 heterocycles. The van der Waals surface area contributed by atoms with Gasteiger partial charge in [0.05, 0.1) is 17.2 Å². The molecule has 26 heavy (non-hydrogen) atoms. The molecular formula is C18H24ClN3O4. The molecule has 1 aliphatic rings. The van der Waals surface area contributed by atoms with Crippen LogP contribution >= 0.6 is 11.6 Å². The van der Waals surface area contributed by atoms with Crippen LogP contribution in [0.2, 0.25) is 5.02 Å². The fraction of sp³-hybridized carbons (Fsp3) is 0.500. The Labute approximate surface area is 158 Å². The van der Waals surface area contributed by atoms with Gasteiger partial charge in [0.1, 0.15) is 6.54 Å². The lowest BCUT2D eigenvalue weighted by Gasteiger charge is -2.32. The highest BCUT2D eigenvalue weighted by Gasteiger charge is 2.24. The van der Waals surface area contributed by atoms with E-state index in [1.54, 1.807) is 36.1 Å². The number of nitrogens with zero attached hydrogens (tertiary/aromatic N) is 1. The minimum atomic E-state index is -0.457. The standard InChI is InChI=1S/C18H24ClN3O4/c1-2-26-16(23)11-21-18(25)22-9-5-6-13(12-22)10-20-17(24)14-7-3-4-8-15(14)19/h3-4,7-8,13H,2,5-6,9-12H2,1H3,(H,20,24)(H,21,25)/t13-/m0/s1. The smallest absolute Gasteiger partial charge is 0.325 e. The molecule has 142 valence electrons. The number of urea groups is 1. The highest BCUT2D eigenvalue weighted by molar-refractivity contribution is 6.33. The Morgan fingerprint density at radius 2 is 2.04 bits per heavy atom. The van der Waals surface area contributed by atoms with Crippen LogP contribution in [0.1, 0.15) is 30.1 Å². The molecule has 2 N–H and O–H groups in total. The zero-order chi connectivity index (χ0) is 18.9. The third kappa shape index (κ3) is 5.91. The highest BCUT2D eigenvalue weighted by Crippen LogP contribution is 2.17. The first-order valence-electron chi connectivity index (χ1n) is 8.72. The SMILES string of the molecule is CCOC(=O)CNC(=O)N1CCC[C@@H](CNC(=O)c2ccccc2Cl)C1. The molecule has 0 spiro atoms. The zero-order valence-electron chi connectivity index (χ0n) is 14.8. The lowest BCUT2D eigenvalue weighted by molar-refractivity contribution is -0.141. The Hall–Kier alpha value is -2.28. The first-order chi connectivity index (χ1) is 12.5. The number of ether oxygens (including phenoxy) is 1. The summed E-state index contributed by atoms with van der Waals surface area (Å²) in [6.45, 7) is 3.47. The molecule has 1 saturated heterocycles. The number of hydrogen-bond acceptors (Lipinski definition) is 4. The number of amides is 3. The van der Waals surface area contributed by atoms with E-state index in [0.717, 1.165) is 12.8 Å². The van der Waals surface area contributed by atoms with Crippen molar-refractivity contribution in [3.05, 3.63) is 34.9 Å². The van der Waals surface area contributed by atoms with Crippen molar-refractivity contribution in [3.63, 3.8) is 0 Å². The summed E-state index contributed by atoms with van der Waals surface area (Å²) in [4.78, 5) is 37.4. The van der Waals surface area contributed by atoms with Crippen molar-refractivity contribution in [2.45, 2.75) is 19.8 Å². The van der Waals surface area contributed by atoms with Crippen LogP contribution in [-0.4, -0.2) is 55.6 Å². The molecule has 7 nitrogen and oxygen atoms in total. The summed E-state index contributed by atoms with van der Waals surface area (Å²) >= 11 is 6.03. The van der Waals surface area contributed by atoms with Gasteiger partial charge in [0.15, 0.2) is 0 Å². The first-order valence-corrected chi connectivity index (χ1v) is 9.10. The molecule has 1 aliphatic heterocycles. The van der Waals surface area contributed by atoms with E-state index in [0.29, 0.717) is 30.2 Å². The molecule has 0 unspecified atom stereocenters. The predicted octanol–water partition coefficient (Wildman–Crippen LogP) is 2.05. The number of esters is 1. The third-order valence-electron chi connectivity index (χ3n) is 4.17. The van der Waals surface area contributed by atoms with Crippen molar-refractivity contribution in [1.29, 1.82) is 0 Å². The lowest BCUT2D eigenvalue weighted by atomic mass is 9.98. The zero-order valence-corrected chi connectivity index (χ0v) is 15.6. The van der Waals surface area contributed by atoms with Crippen LogP contribution in [0, 0.1) is 5.92 Å². The van der Waals surface area contributed by atoms with Crippen molar-refractivity contribution in [2.24, 2.45) is 5.92 Å². The van der Waals surface area contributed by atoms with Crippen LogP contribution in [0.4, 0.5) is 4.79 Å². The number of hydrogen-bond donors (Lipinski definition) is 2. The van der Waals surface area contributed by atoms with Crippen LogP contribution in [0.5, 0.6) is 0 Å². The van der Waals surface area contributed by atoms with E-state index < -0.39 is 5.97 Å². The maximum atomic E-state index is 12.2. The van der Waals surface area contributed by atoms with Crippen molar-refractivity contribution in [1.82, 2.24) is 15.5 Å². The quantitative estimate of drug-likeness (QED) is 0.738. The Morgan fingerprint density at radius 3 is 2.77 bits per heavy atom. The van der Waals surface area contributed by atoms with Crippen molar-refractivity contribution in [3.8, 4) is 0 Å². The summed E-state index contributed by atoms with van der Waals surface area (Å²) in [7, 11) is 0. The van der Waals surface area contributed by atoms with Crippen molar-refractivity contribution in [2.75, 3.05) is 32.8 Å². The number of rotatable bonds is 6. The molecule has 3 amide bonds. The topological polar surface area (TPSA) is 87.7 Å². The Balaban J connectivity index is 1.79. The van der Waals surface area contributed by atoms with Crippen molar-refractivity contribution >= 4 is 29.5 Å². The second kappa shape index (κ2) is 10.0. The largest absolute Gasteiger partial charge is 0.465 e. The highest BCUT2D eigenvalue weighted by atomic mass is 35.5. The van der Waals surface area contributed by atoms with E-state index in [4.69, 9.17) is 16.3 Å². The number of benzene rings is 1. The van der Waals surface area contributed by atoms with Crippen molar-refractivity contribution < 1.29 is 19.1 Å². The van der Waals surface area contributed by atoms with Crippen LogP contribution in [0.25, 0.3) is 0 Å². The van der Waals surface area contributed by atoms with Gasteiger partial charge in [0.2, 0.25) is 0 Å². The van der Waals surface area contributed by atoms with E-state index >= 15 is 0 Å². The van der Waals surface area contributed by atoms with E-state index in [9.17, 15) is 14.4 Å². The molecule has 0 aromatic heterocycles. The molecule has 1 atom stereocenters. The van der Waals surface area contributed by atoms with Gasteiger partial charge in [-0.2, -0.15) is 0 Å². The molecule has 2 rings (SSSR count). The summed E-state index contributed by atoms with van der Waals surface area (Å²) in [5.41, 5.74) is 0.439. The first kappa shape index (κ1) is 20.0. The van der Waals surface area contributed by atoms with E-state index in [2.05, 4.69) is 10.6 Å². The summed E-state index contributed by atoms with van der Waals surface area (Å²) in [6, 6.07) is 6.59. The summed E-state index contributed by atoms with van der Waals surface area (Å²) in [5.74, 6) is -0.524. The molecule has 0 radical (unpaired) electrons.